The van der Waals surface area contributed by atoms with Crippen LogP contribution >= 0.6 is 0 Å². The molecular formula is C21H27N3O. The predicted molar refractivity (Wildman–Crippen MR) is 104 cm³/mol. The summed E-state index contributed by atoms with van der Waals surface area (Å²) in [4.78, 5) is 14.3. The van der Waals surface area contributed by atoms with Crippen molar-refractivity contribution in [3.05, 3.63) is 60.2 Å². The molecule has 2 N–H and O–H groups in total. The summed E-state index contributed by atoms with van der Waals surface area (Å²) in [5.74, 6) is 0.0324. The summed E-state index contributed by atoms with van der Waals surface area (Å²) < 4.78 is 0. The number of hydrogen-bond donors (Lipinski definition) is 2. The van der Waals surface area contributed by atoms with Crippen LogP contribution in [0.5, 0.6) is 0 Å². The third-order valence-electron chi connectivity index (χ3n) is 4.55. The average molecular weight is 337 g/mol. The molecule has 25 heavy (non-hydrogen) atoms. The molecule has 2 aromatic rings. The summed E-state index contributed by atoms with van der Waals surface area (Å²) >= 11 is 0. The quantitative estimate of drug-likeness (QED) is 0.838. The van der Waals surface area contributed by atoms with Gasteiger partial charge in [0.15, 0.2) is 0 Å². The van der Waals surface area contributed by atoms with Crippen molar-refractivity contribution in [3.8, 4) is 0 Å². The molecule has 2 aromatic carbocycles. The van der Waals surface area contributed by atoms with Crippen LogP contribution < -0.4 is 10.6 Å². The largest absolute Gasteiger partial charge is 0.381 e. The van der Waals surface area contributed by atoms with E-state index < -0.39 is 0 Å². The molecule has 0 spiro atoms. The maximum atomic E-state index is 11.8. The van der Waals surface area contributed by atoms with Gasteiger partial charge in [-0.3, -0.25) is 9.69 Å². The second-order valence-electron chi connectivity index (χ2n) is 7.08. The van der Waals surface area contributed by atoms with Crippen molar-refractivity contribution in [3.63, 3.8) is 0 Å². The highest BCUT2D eigenvalue weighted by Crippen LogP contribution is 2.21. The number of hydrogen-bond acceptors (Lipinski definition) is 3. The maximum Gasteiger partial charge on any atom is 0.226 e. The molecule has 4 nitrogen and oxygen atoms in total. The van der Waals surface area contributed by atoms with Crippen molar-refractivity contribution in [1.29, 1.82) is 0 Å². The molecule has 1 unspecified atom stereocenters. The summed E-state index contributed by atoms with van der Waals surface area (Å²) in [6, 6.07) is 19.0. The first kappa shape index (κ1) is 17.5. The van der Waals surface area contributed by atoms with Gasteiger partial charge in [-0.25, -0.2) is 0 Å². The molecule has 0 radical (unpaired) electrons. The van der Waals surface area contributed by atoms with E-state index in [2.05, 4.69) is 51.9 Å². The molecule has 1 amide bonds. The Kier molecular flexibility index (Phi) is 5.71. The highest BCUT2D eigenvalue weighted by molar-refractivity contribution is 5.92. The number of amides is 1. The van der Waals surface area contributed by atoms with E-state index in [0.29, 0.717) is 6.04 Å². The molecule has 0 saturated carbocycles. The second-order valence-corrected chi connectivity index (χ2v) is 7.08. The second kappa shape index (κ2) is 8.17. The molecular weight excluding hydrogens is 310 g/mol. The van der Waals surface area contributed by atoms with Gasteiger partial charge in [-0.15, -0.1) is 0 Å². The van der Waals surface area contributed by atoms with E-state index in [-0.39, 0.29) is 11.8 Å². The van der Waals surface area contributed by atoms with Gasteiger partial charge < -0.3 is 10.6 Å². The minimum absolute atomic E-state index is 0.0157. The van der Waals surface area contributed by atoms with Crippen LogP contribution in [-0.4, -0.2) is 29.9 Å². The standard InChI is InChI=1S/C21H27N3O/c1-16(2)21(25)23-19-10-6-9-18(13-19)22-20-11-12-24(15-20)14-17-7-4-3-5-8-17/h3-10,13,16,20,22H,11-12,14-15H2,1-2H3,(H,23,25). The first-order valence-corrected chi connectivity index (χ1v) is 9.04. The van der Waals surface area contributed by atoms with Gasteiger partial charge in [0.2, 0.25) is 5.91 Å². The Morgan fingerprint density at radius 1 is 1.12 bits per heavy atom. The van der Waals surface area contributed by atoms with Gasteiger partial charge >= 0.3 is 0 Å². The summed E-state index contributed by atoms with van der Waals surface area (Å²) in [5, 5.41) is 6.57. The Labute approximate surface area is 150 Å². The number of anilines is 2. The smallest absolute Gasteiger partial charge is 0.226 e. The zero-order chi connectivity index (χ0) is 17.6. The summed E-state index contributed by atoms with van der Waals surface area (Å²) in [6.07, 6.45) is 1.13. The fourth-order valence-electron chi connectivity index (χ4n) is 3.14. The molecule has 132 valence electrons. The topological polar surface area (TPSA) is 44.4 Å². The molecule has 1 saturated heterocycles. The Hall–Kier alpha value is -2.33. The van der Waals surface area contributed by atoms with Crippen LogP contribution in [0.1, 0.15) is 25.8 Å². The predicted octanol–water partition coefficient (Wildman–Crippen LogP) is 3.97. The lowest BCUT2D eigenvalue weighted by Crippen LogP contribution is -2.26. The molecule has 1 aliphatic heterocycles. The third-order valence-corrected chi connectivity index (χ3v) is 4.55. The number of nitrogens with zero attached hydrogens (tertiary/aromatic N) is 1. The summed E-state index contributed by atoms with van der Waals surface area (Å²) in [6.45, 7) is 6.95. The van der Waals surface area contributed by atoms with Crippen molar-refractivity contribution in [1.82, 2.24) is 4.90 Å². The maximum absolute atomic E-state index is 11.8. The number of carbonyl (C=O) groups excluding carboxylic acids is 1. The summed E-state index contributed by atoms with van der Waals surface area (Å²) in [5.41, 5.74) is 3.28. The fraction of sp³-hybridized carbons (Fsp3) is 0.381. The fourth-order valence-corrected chi connectivity index (χ4v) is 3.14. The Morgan fingerprint density at radius 3 is 2.64 bits per heavy atom. The van der Waals surface area contributed by atoms with Crippen LogP contribution in [0, 0.1) is 5.92 Å². The van der Waals surface area contributed by atoms with Gasteiger partial charge in [0.05, 0.1) is 0 Å². The SMILES string of the molecule is CC(C)C(=O)Nc1cccc(NC2CCN(Cc3ccccc3)C2)c1. The Bertz CT molecular complexity index is 699. The minimum atomic E-state index is -0.0157. The average Bonchev–Trinajstić information content (AvgIpc) is 3.03. The number of benzene rings is 2. The molecule has 0 aromatic heterocycles. The zero-order valence-corrected chi connectivity index (χ0v) is 15.0. The summed E-state index contributed by atoms with van der Waals surface area (Å²) in [7, 11) is 0. The van der Waals surface area contributed by atoms with Crippen LogP contribution in [0.4, 0.5) is 11.4 Å². The lowest BCUT2D eigenvalue weighted by atomic mass is 10.2. The van der Waals surface area contributed by atoms with Crippen molar-refractivity contribution in [2.24, 2.45) is 5.92 Å². The molecule has 0 bridgehead atoms. The lowest BCUT2D eigenvalue weighted by Gasteiger charge is -2.18. The van der Waals surface area contributed by atoms with Crippen LogP contribution in [-0.2, 0) is 11.3 Å². The van der Waals surface area contributed by atoms with Gasteiger partial charge in [-0.1, -0.05) is 50.2 Å². The lowest BCUT2D eigenvalue weighted by molar-refractivity contribution is -0.118. The van der Waals surface area contributed by atoms with Crippen molar-refractivity contribution >= 4 is 17.3 Å². The zero-order valence-electron chi connectivity index (χ0n) is 15.0. The highest BCUT2D eigenvalue weighted by Gasteiger charge is 2.22. The van der Waals surface area contributed by atoms with E-state index >= 15 is 0 Å². The van der Waals surface area contributed by atoms with Gasteiger partial charge in [0, 0.05) is 43.0 Å². The van der Waals surface area contributed by atoms with Gasteiger partial charge in [-0.2, -0.15) is 0 Å². The minimum Gasteiger partial charge on any atom is -0.381 e. The van der Waals surface area contributed by atoms with E-state index in [1.165, 1.54) is 5.56 Å². The molecule has 1 fully saturated rings. The van der Waals surface area contributed by atoms with Crippen molar-refractivity contribution in [2.75, 3.05) is 23.7 Å². The van der Waals surface area contributed by atoms with E-state index in [1.807, 2.05) is 32.0 Å². The normalized spacial score (nSPS) is 17.6. The molecule has 1 heterocycles. The Morgan fingerprint density at radius 2 is 1.88 bits per heavy atom. The molecule has 1 atom stereocenters. The first-order chi connectivity index (χ1) is 12.1. The van der Waals surface area contributed by atoms with Crippen molar-refractivity contribution < 1.29 is 4.79 Å². The monoisotopic (exact) mass is 337 g/mol. The third kappa shape index (κ3) is 5.07. The van der Waals surface area contributed by atoms with Crippen LogP contribution in [0.25, 0.3) is 0 Å². The number of likely N-dealkylation sites (tertiary alicyclic amines) is 1. The van der Waals surface area contributed by atoms with Crippen LogP contribution in [0.2, 0.25) is 0 Å². The van der Waals surface area contributed by atoms with Gasteiger partial charge in [-0.05, 0) is 30.2 Å². The van der Waals surface area contributed by atoms with E-state index in [4.69, 9.17) is 0 Å². The van der Waals surface area contributed by atoms with E-state index in [9.17, 15) is 4.79 Å². The van der Waals surface area contributed by atoms with Crippen molar-refractivity contribution in [2.45, 2.75) is 32.9 Å². The van der Waals surface area contributed by atoms with E-state index in [0.717, 1.165) is 37.4 Å². The first-order valence-electron chi connectivity index (χ1n) is 9.04. The Balaban J connectivity index is 1.54. The molecule has 3 rings (SSSR count). The van der Waals surface area contributed by atoms with Crippen LogP contribution in [0.15, 0.2) is 54.6 Å². The number of nitrogens with one attached hydrogen (secondary N) is 2. The van der Waals surface area contributed by atoms with Gasteiger partial charge in [0.1, 0.15) is 0 Å². The molecule has 4 heteroatoms. The number of carbonyl (C=O) groups is 1. The molecule has 1 aliphatic rings. The van der Waals surface area contributed by atoms with Gasteiger partial charge in [0.25, 0.3) is 0 Å². The van der Waals surface area contributed by atoms with E-state index in [1.54, 1.807) is 0 Å². The number of rotatable bonds is 6. The van der Waals surface area contributed by atoms with Crippen LogP contribution in [0.3, 0.4) is 0 Å². The molecule has 0 aliphatic carbocycles. The highest BCUT2D eigenvalue weighted by atomic mass is 16.1.